The van der Waals surface area contributed by atoms with Gasteiger partial charge in [-0.1, -0.05) is 23.9 Å². The molecule has 0 aliphatic carbocycles. The van der Waals surface area contributed by atoms with Gasteiger partial charge in [0.05, 0.1) is 6.42 Å². The van der Waals surface area contributed by atoms with E-state index >= 15 is 0 Å². The van der Waals surface area contributed by atoms with Gasteiger partial charge in [0.2, 0.25) is 0 Å². The van der Waals surface area contributed by atoms with Crippen LogP contribution in [0.25, 0.3) is 5.69 Å². The fourth-order valence-corrected chi connectivity index (χ4v) is 3.16. The second-order valence-corrected chi connectivity index (χ2v) is 5.79. The van der Waals surface area contributed by atoms with Crippen molar-refractivity contribution < 1.29 is 14.7 Å². The Morgan fingerprint density at radius 3 is 2.76 bits per heavy atom. The molecule has 1 N–H and O–H groups in total. The molecule has 1 atom stereocenters. The summed E-state index contributed by atoms with van der Waals surface area (Å²) >= 11 is 1.22. The Hall–Kier alpha value is -2.34. The van der Waals surface area contributed by atoms with Gasteiger partial charge in [0.25, 0.3) is 5.91 Å². The van der Waals surface area contributed by atoms with Gasteiger partial charge in [-0.2, -0.15) is 0 Å². The van der Waals surface area contributed by atoms with Crippen LogP contribution in [0.15, 0.2) is 53.8 Å². The number of carbonyl (C=O) groups excluding carboxylic acids is 1. The first kappa shape index (κ1) is 13.6. The van der Waals surface area contributed by atoms with Crippen LogP contribution >= 0.6 is 11.8 Å². The number of hydrogen-bond donors (Lipinski definition) is 1. The maximum absolute atomic E-state index is 11.7. The molecular weight excluding hydrogens is 288 g/mol. The molecule has 5 nitrogen and oxygen atoms in total. The molecule has 2 aromatic rings. The van der Waals surface area contributed by atoms with Crippen LogP contribution in [0.1, 0.15) is 12.0 Å². The zero-order chi connectivity index (χ0) is 14.8. The lowest BCUT2D eigenvalue weighted by atomic mass is 10.2. The van der Waals surface area contributed by atoms with E-state index in [2.05, 4.69) is 4.99 Å². The summed E-state index contributed by atoms with van der Waals surface area (Å²) in [7, 11) is 0. The van der Waals surface area contributed by atoms with E-state index in [4.69, 9.17) is 5.11 Å². The van der Waals surface area contributed by atoms with E-state index in [-0.39, 0.29) is 12.3 Å². The van der Waals surface area contributed by atoms with E-state index in [0.29, 0.717) is 5.04 Å². The number of benzene rings is 1. The largest absolute Gasteiger partial charge is 0.481 e. The maximum atomic E-state index is 11.7. The first-order valence-electron chi connectivity index (χ1n) is 6.38. The molecule has 21 heavy (non-hydrogen) atoms. The van der Waals surface area contributed by atoms with Crippen LogP contribution in [-0.4, -0.2) is 31.8 Å². The second-order valence-electron chi connectivity index (χ2n) is 4.60. The van der Waals surface area contributed by atoms with Crippen molar-refractivity contribution in [3.63, 3.8) is 0 Å². The predicted octanol–water partition coefficient (Wildman–Crippen LogP) is 2.34. The fraction of sp³-hybridized carbons (Fsp3) is 0.133. The number of carbonyl (C=O) groups is 2. The van der Waals surface area contributed by atoms with E-state index in [9.17, 15) is 9.59 Å². The minimum Gasteiger partial charge on any atom is -0.481 e. The molecule has 0 unspecified atom stereocenters. The average molecular weight is 300 g/mol. The second kappa shape index (κ2) is 5.57. The van der Waals surface area contributed by atoms with Crippen molar-refractivity contribution in [2.75, 3.05) is 0 Å². The summed E-state index contributed by atoms with van der Waals surface area (Å²) in [5.74, 6) is -1.36. The van der Waals surface area contributed by atoms with Crippen LogP contribution in [0.2, 0.25) is 0 Å². The van der Waals surface area contributed by atoms with Gasteiger partial charge in [0, 0.05) is 23.6 Å². The summed E-state index contributed by atoms with van der Waals surface area (Å²) in [5.41, 5.74) is 1.79. The van der Waals surface area contributed by atoms with Gasteiger partial charge < -0.3 is 9.67 Å². The van der Waals surface area contributed by atoms with Gasteiger partial charge >= 0.3 is 5.97 Å². The lowest BCUT2D eigenvalue weighted by Gasteiger charge is -2.07. The predicted molar refractivity (Wildman–Crippen MR) is 80.9 cm³/mol. The van der Waals surface area contributed by atoms with Crippen molar-refractivity contribution in [3.05, 3.63) is 54.4 Å². The van der Waals surface area contributed by atoms with Crippen LogP contribution < -0.4 is 0 Å². The fourth-order valence-electron chi connectivity index (χ4n) is 2.11. The number of carboxylic acid groups (broad SMARTS) is 1. The highest BCUT2D eigenvalue weighted by Crippen LogP contribution is 2.29. The number of thioether (sulfide) groups is 1. The van der Waals surface area contributed by atoms with E-state index in [1.54, 1.807) is 0 Å². The molecule has 1 amide bonds. The molecule has 1 aromatic carbocycles. The molecule has 0 fully saturated rings. The van der Waals surface area contributed by atoms with E-state index in [1.807, 2.05) is 53.4 Å². The Bertz CT molecular complexity index is 722. The van der Waals surface area contributed by atoms with Crippen molar-refractivity contribution in [1.82, 2.24) is 4.57 Å². The number of aliphatic imine (C=N–C) groups is 1. The zero-order valence-electron chi connectivity index (χ0n) is 11.0. The molecule has 3 rings (SSSR count). The van der Waals surface area contributed by atoms with Gasteiger partial charge in [-0.15, -0.1) is 0 Å². The summed E-state index contributed by atoms with van der Waals surface area (Å²) in [6.45, 7) is 0. The Balaban J connectivity index is 1.85. The highest BCUT2D eigenvalue weighted by Gasteiger charge is 2.30. The minimum atomic E-state index is -0.988. The number of carboxylic acids is 1. The summed E-state index contributed by atoms with van der Waals surface area (Å²) in [6, 6.07) is 11.5. The van der Waals surface area contributed by atoms with Crippen molar-refractivity contribution in [3.8, 4) is 5.69 Å². The van der Waals surface area contributed by atoms with Crippen LogP contribution in [0, 0.1) is 0 Å². The Labute approximate surface area is 125 Å². The first-order valence-corrected chi connectivity index (χ1v) is 7.26. The van der Waals surface area contributed by atoms with Crippen molar-refractivity contribution in [2.45, 2.75) is 11.7 Å². The SMILES string of the molecule is O=C(O)C[C@H]1SC(c2cccc(-n3cccc3)c2)=NC1=O. The lowest BCUT2D eigenvalue weighted by Crippen LogP contribution is -2.15. The number of aliphatic carboxylic acids is 1. The number of hydrogen-bond acceptors (Lipinski definition) is 3. The normalized spacial score (nSPS) is 17.8. The summed E-state index contributed by atoms with van der Waals surface area (Å²) in [5, 5.41) is 8.76. The number of aromatic nitrogens is 1. The molecule has 6 heteroatoms. The highest BCUT2D eigenvalue weighted by molar-refractivity contribution is 8.16. The van der Waals surface area contributed by atoms with Gasteiger partial charge in [-0.3, -0.25) is 9.59 Å². The molecule has 2 heterocycles. The van der Waals surface area contributed by atoms with Crippen LogP contribution in [0.4, 0.5) is 0 Å². The lowest BCUT2D eigenvalue weighted by molar-refractivity contribution is -0.138. The van der Waals surface area contributed by atoms with E-state index in [1.165, 1.54) is 11.8 Å². The average Bonchev–Trinajstić information content (AvgIpc) is 3.09. The molecule has 0 saturated heterocycles. The molecular formula is C15H12N2O3S. The maximum Gasteiger partial charge on any atom is 0.305 e. The molecule has 0 spiro atoms. The first-order chi connectivity index (χ1) is 10.1. The van der Waals surface area contributed by atoms with E-state index < -0.39 is 11.2 Å². The van der Waals surface area contributed by atoms with Crippen molar-refractivity contribution in [2.24, 2.45) is 4.99 Å². The van der Waals surface area contributed by atoms with Crippen LogP contribution in [0.3, 0.4) is 0 Å². The van der Waals surface area contributed by atoms with Crippen LogP contribution in [-0.2, 0) is 9.59 Å². The highest BCUT2D eigenvalue weighted by atomic mass is 32.2. The molecule has 1 aliphatic rings. The number of nitrogens with zero attached hydrogens (tertiary/aromatic N) is 2. The minimum absolute atomic E-state index is 0.201. The third-order valence-corrected chi connectivity index (χ3v) is 4.30. The summed E-state index contributed by atoms with van der Waals surface area (Å²) in [4.78, 5) is 26.4. The van der Waals surface area contributed by atoms with E-state index in [0.717, 1.165) is 11.3 Å². The summed E-state index contributed by atoms with van der Waals surface area (Å²) < 4.78 is 1.96. The molecule has 0 radical (unpaired) electrons. The third-order valence-electron chi connectivity index (χ3n) is 3.10. The van der Waals surface area contributed by atoms with Crippen molar-refractivity contribution in [1.29, 1.82) is 0 Å². The van der Waals surface area contributed by atoms with Gasteiger partial charge in [0.1, 0.15) is 10.3 Å². The standard InChI is InChI=1S/C15H12N2O3S/c18-13(19)9-12-14(20)16-15(21-12)10-4-3-5-11(8-10)17-6-1-2-7-17/h1-8,12H,9H2,(H,18,19)/t12-/m1/s1. The third kappa shape index (κ3) is 2.90. The Morgan fingerprint density at radius 1 is 1.29 bits per heavy atom. The summed E-state index contributed by atoms with van der Waals surface area (Å²) in [6.07, 6.45) is 3.66. The monoisotopic (exact) mass is 300 g/mol. The van der Waals surface area contributed by atoms with Gasteiger partial charge in [0.15, 0.2) is 0 Å². The van der Waals surface area contributed by atoms with Gasteiger partial charge in [-0.25, -0.2) is 4.99 Å². The topological polar surface area (TPSA) is 71.7 Å². The molecule has 0 bridgehead atoms. The molecule has 1 aliphatic heterocycles. The molecule has 106 valence electrons. The smallest absolute Gasteiger partial charge is 0.305 e. The number of amides is 1. The number of rotatable bonds is 4. The van der Waals surface area contributed by atoms with Crippen molar-refractivity contribution >= 4 is 28.7 Å². The quantitative estimate of drug-likeness (QED) is 0.940. The Kier molecular flexibility index (Phi) is 3.62. The molecule has 0 saturated carbocycles. The Morgan fingerprint density at radius 2 is 2.05 bits per heavy atom. The molecule has 1 aromatic heterocycles. The van der Waals surface area contributed by atoms with Gasteiger partial charge in [-0.05, 0) is 24.3 Å². The zero-order valence-corrected chi connectivity index (χ0v) is 11.8. The van der Waals surface area contributed by atoms with Crippen LogP contribution in [0.5, 0.6) is 0 Å².